The van der Waals surface area contributed by atoms with Crippen molar-refractivity contribution >= 4 is 27.4 Å². The van der Waals surface area contributed by atoms with E-state index in [1.807, 2.05) is 11.3 Å². The van der Waals surface area contributed by atoms with Gasteiger partial charge < -0.3 is 10.4 Å². The van der Waals surface area contributed by atoms with Gasteiger partial charge in [-0.1, -0.05) is 6.92 Å². The lowest BCUT2D eigenvalue weighted by atomic mass is 9.97. The van der Waals surface area contributed by atoms with E-state index in [0.29, 0.717) is 0 Å². The summed E-state index contributed by atoms with van der Waals surface area (Å²) in [5.74, 6) is 0.953. The Labute approximate surface area is 123 Å². The van der Waals surface area contributed by atoms with Gasteiger partial charge in [-0.05, 0) is 44.1 Å². The first-order chi connectivity index (χ1) is 9.83. The van der Waals surface area contributed by atoms with Crippen molar-refractivity contribution < 1.29 is 5.11 Å². The van der Waals surface area contributed by atoms with Gasteiger partial charge in [-0.2, -0.15) is 0 Å². The molecule has 0 fully saturated rings. The van der Waals surface area contributed by atoms with Crippen LogP contribution >= 0.6 is 11.3 Å². The molecule has 0 amide bonds. The summed E-state index contributed by atoms with van der Waals surface area (Å²) in [7, 11) is 0. The zero-order valence-corrected chi connectivity index (χ0v) is 12.7. The van der Waals surface area contributed by atoms with E-state index < -0.39 is 0 Å². The third-order valence-electron chi connectivity index (χ3n) is 4.06. The molecule has 2 N–H and O–H groups in total. The average molecular weight is 291 g/mol. The second-order valence-corrected chi connectivity index (χ2v) is 6.46. The molecule has 0 aliphatic heterocycles. The van der Waals surface area contributed by atoms with Gasteiger partial charge in [0.05, 0.1) is 5.39 Å². The molecular formula is C15H21N3OS. The maximum Gasteiger partial charge on any atom is 0.138 e. The maximum atomic E-state index is 9.14. The molecule has 108 valence electrons. The Morgan fingerprint density at radius 1 is 1.35 bits per heavy atom. The van der Waals surface area contributed by atoms with Gasteiger partial charge in [-0.15, -0.1) is 11.3 Å². The molecule has 1 unspecified atom stereocenters. The number of fused-ring (bicyclic) bond motifs is 3. The minimum atomic E-state index is 0.210. The van der Waals surface area contributed by atoms with Gasteiger partial charge in [-0.3, -0.25) is 0 Å². The highest BCUT2D eigenvalue weighted by Gasteiger charge is 2.20. The Bertz CT molecular complexity index is 596. The molecule has 0 saturated carbocycles. The second-order valence-electron chi connectivity index (χ2n) is 5.38. The number of nitrogens with one attached hydrogen (secondary N) is 1. The number of aromatic nitrogens is 2. The minimum Gasteiger partial charge on any atom is -0.396 e. The fourth-order valence-corrected chi connectivity index (χ4v) is 4.16. The summed E-state index contributed by atoms with van der Waals surface area (Å²) >= 11 is 1.82. The average Bonchev–Trinajstić information content (AvgIpc) is 2.86. The summed E-state index contributed by atoms with van der Waals surface area (Å²) in [4.78, 5) is 11.5. The highest BCUT2D eigenvalue weighted by Crippen LogP contribution is 2.38. The SMILES string of the molecule is CCC(CCO)Nc1ncnc2sc3c(c12)CCCC3. The van der Waals surface area contributed by atoms with Crippen LogP contribution in [0, 0.1) is 0 Å². The van der Waals surface area contributed by atoms with E-state index in [1.54, 1.807) is 6.33 Å². The van der Waals surface area contributed by atoms with Crippen molar-refractivity contribution in [2.24, 2.45) is 0 Å². The van der Waals surface area contributed by atoms with Crippen LogP contribution in [0.2, 0.25) is 0 Å². The van der Waals surface area contributed by atoms with Gasteiger partial charge in [-0.25, -0.2) is 9.97 Å². The van der Waals surface area contributed by atoms with Crippen LogP contribution < -0.4 is 5.32 Å². The number of hydrogen-bond donors (Lipinski definition) is 2. The van der Waals surface area contributed by atoms with Gasteiger partial charge in [0.2, 0.25) is 0 Å². The smallest absolute Gasteiger partial charge is 0.138 e. The summed E-state index contributed by atoms with van der Waals surface area (Å²) in [6.07, 6.45) is 8.28. The maximum absolute atomic E-state index is 9.14. The highest BCUT2D eigenvalue weighted by atomic mass is 32.1. The zero-order valence-electron chi connectivity index (χ0n) is 11.9. The number of anilines is 1. The molecule has 3 rings (SSSR count). The number of rotatable bonds is 5. The van der Waals surface area contributed by atoms with Crippen LogP contribution in [0.4, 0.5) is 5.82 Å². The van der Waals surface area contributed by atoms with E-state index in [1.165, 1.54) is 35.1 Å². The van der Waals surface area contributed by atoms with Crippen molar-refractivity contribution in [2.75, 3.05) is 11.9 Å². The van der Waals surface area contributed by atoms with Crippen LogP contribution in [0.3, 0.4) is 0 Å². The standard InChI is InChI=1S/C15H21N3OS/c1-2-10(7-8-19)18-14-13-11-5-3-4-6-12(11)20-15(13)17-9-16-14/h9-10,19H,2-8H2,1H3,(H,16,17,18). The molecule has 2 aromatic heterocycles. The van der Waals surface area contributed by atoms with Crippen molar-refractivity contribution in [1.82, 2.24) is 9.97 Å². The topological polar surface area (TPSA) is 58.0 Å². The highest BCUT2D eigenvalue weighted by molar-refractivity contribution is 7.19. The lowest BCUT2D eigenvalue weighted by molar-refractivity contribution is 0.278. The van der Waals surface area contributed by atoms with E-state index in [2.05, 4.69) is 22.2 Å². The summed E-state index contributed by atoms with van der Waals surface area (Å²) in [5, 5.41) is 13.9. The Kier molecular flexibility index (Phi) is 4.17. The minimum absolute atomic E-state index is 0.210. The Morgan fingerprint density at radius 3 is 3.00 bits per heavy atom. The quantitative estimate of drug-likeness (QED) is 0.888. The fourth-order valence-electron chi connectivity index (χ4n) is 2.93. The molecule has 4 nitrogen and oxygen atoms in total. The first kappa shape index (κ1) is 13.8. The molecule has 1 aliphatic carbocycles. The van der Waals surface area contributed by atoms with Crippen molar-refractivity contribution in [1.29, 1.82) is 0 Å². The molecule has 1 aliphatic rings. The van der Waals surface area contributed by atoms with Crippen molar-refractivity contribution in [2.45, 2.75) is 51.5 Å². The van der Waals surface area contributed by atoms with Gasteiger partial charge in [0.25, 0.3) is 0 Å². The van der Waals surface area contributed by atoms with E-state index >= 15 is 0 Å². The Hall–Kier alpha value is -1.20. The summed E-state index contributed by atoms with van der Waals surface area (Å²) < 4.78 is 0. The van der Waals surface area contributed by atoms with Gasteiger partial charge in [0.1, 0.15) is 17.0 Å². The van der Waals surface area contributed by atoms with Gasteiger partial charge in [0.15, 0.2) is 0 Å². The van der Waals surface area contributed by atoms with Crippen LogP contribution in [0.5, 0.6) is 0 Å². The first-order valence-corrected chi connectivity index (χ1v) is 8.27. The zero-order chi connectivity index (χ0) is 13.9. The van der Waals surface area contributed by atoms with E-state index in [9.17, 15) is 0 Å². The van der Waals surface area contributed by atoms with Crippen LogP contribution in [-0.4, -0.2) is 27.7 Å². The van der Waals surface area contributed by atoms with Crippen molar-refractivity contribution in [3.8, 4) is 0 Å². The second kappa shape index (κ2) is 6.06. The monoisotopic (exact) mass is 291 g/mol. The molecule has 0 saturated heterocycles. The molecule has 2 heterocycles. The van der Waals surface area contributed by atoms with E-state index in [0.717, 1.165) is 29.9 Å². The lowest BCUT2D eigenvalue weighted by Gasteiger charge is -2.18. The van der Waals surface area contributed by atoms with Gasteiger partial charge >= 0.3 is 0 Å². The molecule has 2 aromatic rings. The molecular weight excluding hydrogens is 270 g/mol. The van der Waals surface area contributed by atoms with Crippen LogP contribution in [0.1, 0.15) is 43.0 Å². The van der Waals surface area contributed by atoms with Crippen LogP contribution in [0.15, 0.2) is 6.33 Å². The Balaban J connectivity index is 1.99. The predicted molar refractivity (Wildman–Crippen MR) is 83.5 cm³/mol. The van der Waals surface area contributed by atoms with E-state index in [4.69, 9.17) is 5.11 Å². The third kappa shape index (κ3) is 2.52. The molecule has 20 heavy (non-hydrogen) atoms. The molecule has 5 heteroatoms. The first-order valence-electron chi connectivity index (χ1n) is 7.46. The van der Waals surface area contributed by atoms with E-state index in [-0.39, 0.29) is 12.6 Å². The molecule has 0 spiro atoms. The third-order valence-corrected chi connectivity index (χ3v) is 5.26. The van der Waals surface area contributed by atoms with Crippen LogP contribution in [0.25, 0.3) is 10.2 Å². The lowest BCUT2D eigenvalue weighted by Crippen LogP contribution is -2.20. The molecule has 0 radical (unpaired) electrons. The molecule has 0 aromatic carbocycles. The summed E-state index contributed by atoms with van der Waals surface area (Å²) in [6.45, 7) is 2.34. The summed E-state index contributed by atoms with van der Waals surface area (Å²) in [6, 6.07) is 0.275. The molecule has 0 bridgehead atoms. The fraction of sp³-hybridized carbons (Fsp3) is 0.600. The number of aryl methyl sites for hydroxylation is 2. The Morgan fingerprint density at radius 2 is 2.20 bits per heavy atom. The number of aliphatic hydroxyl groups excluding tert-OH is 1. The number of hydrogen-bond acceptors (Lipinski definition) is 5. The van der Waals surface area contributed by atoms with Crippen LogP contribution in [-0.2, 0) is 12.8 Å². The largest absolute Gasteiger partial charge is 0.396 e. The normalized spacial score (nSPS) is 16.1. The molecule has 1 atom stereocenters. The summed E-state index contributed by atoms with van der Waals surface area (Å²) in [5.41, 5.74) is 1.46. The van der Waals surface area contributed by atoms with Crippen molar-refractivity contribution in [3.05, 3.63) is 16.8 Å². The van der Waals surface area contributed by atoms with Crippen molar-refractivity contribution in [3.63, 3.8) is 0 Å². The number of aliphatic hydroxyl groups is 1. The predicted octanol–water partition coefficient (Wildman–Crippen LogP) is 3.14. The number of nitrogens with zero attached hydrogens (tertiary/aromatic N) is 2. The van der Waals surface area contributed by atoms with Gasteiger partial charge in [0, 0.05) is 17.5 Å². The number of thiophene rings is 1.